The summed E-state index contributed by atoms with van der Waals surface area (Å²) in [6.45, 7) is 3.45. The smallest absolute Gasteiger partial charge is 0.306 e. The number of hydrogen-bond acceptors (Lipinski definition) is 10. The number of esters is 2. The minimum absolute atomic E-state index is 0.215. The number of aliphatic hydroxyl groups is 4. The lowest BCUT2D eigenvalue weighted by Crippen LogP contribution is -2.59. The van der Waals surface area contributed by atoms with E-state index in [1.54, 1.807) is 0 Å². The molecule has 0 spiro atoms. The molecule has 0 aromatic rings. The molecule has 348 valence electrons. The molecule has 0 amide bonds. The largest absolute Gasteiger partial charge is 0.462 e. The normalized spacial score (nSPS) is 20.0. The summed E-state index contributed by atoms with van der Waals surface area (Å²) < 4.78 is 22.2. The Morgan fingerprint density at radius 2 is 0.898 bits per heavy atom. The Labute approximate surface area is 361 Å². The number of carbonyl (C=O) groups is 2. The van der Waals surface area contributed by atoms with Gasteiger partial charge < -0.3 is 39.4 Å². The third-order valence-electron chi connectivity index (χ3n) is 11.7. The van der Waals surface area contributed by atoms with Crippen molar-refractivity contribution in [3.8, 4) is 0 Å². The molecular weight excluding hydrogens is 749 g/mol. The third-order valence-corrected chi connectivity index (χ3v) is 11.7. The lowest BCUT2D eigenvalue weighted by molar-refractivity contribution is -0.305. The van der Waals surface area contributed by atoms with Crippen LogP contribution in [-0.2, 0) is 28.5 Å². The van der Waals surface area contributed by atoms with E-state index in [2.05, 4.69) is 26.0 Å². The molecule has 1 fully saturated rings. The van der Waals surface area contributed by atoms with Crippen LogP contribution >= 0.6 is 0 Å². The van der Waals surface area contributed by atoms with E-state index in [-0.39, 0.29) is 32.0 Å². The van der Waals surface area contributed by atoms with Gasteiger partial charge in [-0.05, 0) is 38.5 Å². The minimum Gasteiger partial charge on any atom is -0.462 e. The molecule has 0 aromatic carbocycles. The van der Waals surface area contributed by atoms with Crippen LogP contribution in [-0.4, -0.2) is 89.0 Å². The van der Waals surface area contributed by atoms with E-state index in [0.29, 0.717) is 6.42 Å². The second-order valence-corrected chi connectivity index (χ2v) is 17.3. The Morgan fingerprint density at radius 3 is 1.32 bits per heavy atom. The first kappa shape index (κ1) is 55.5. The standard InChI is InChI=1S/C49H92O10/c1-3-5-7-9-11-13-15-17-19-20-21-22-24-25-27-29-31-33-35-37-44(51)56-40-42(41-57-49-48(55)47(54)46(53)43(39-50)59-49)58-45(52)38-36-34-32-30-28-26-23-18-16-14-12-10-8-6-4-2/h18,23,42-43,46-50,53-55H,3-17,19-22,24-41H2,1-2H3/b23-18-/t42?,43-,46-,47+,48-,49-/m1/s1. The molecule has 10 heteroatoms. The van der Waals surface area contributed by atoms with E-state index in [4.69, 9.17) is 18.9 Å². The predicted octanol–water partition coefficient (Wildman–Crippen LogP) is 11.1. The Hall–Kier alpha value is -1.56. The monoisotopic (exact) mass is 841 g/mol. The van der Waals surface area contributed by atoms with Crippen molar-refractivity contribution in [3.63, 3.8) is 0 Å². The fraction of sp³-hybridized carbons (Fsp3) is 0.918. The zero-order chi connectivity index (χ0) is 43.0. The second-order valence-electron chi connectivity index (χ2n) is 17.3. The summed E-state index contributed by atoms with van der Waals surface area (Å²) in [7, 11) is 0. The van der Waals surface area contributed by atoms with E-state index in [9.17, 15) is 30.0 Å². The van der Waals surface area contributed by atoms with Crippen LogP contribution in [0.4, 0.5) is 0 Å². The van der Waals surface area contributed by atoms with E-state index in [0.717, 1.165) is 51.4 Å². The summed E-state index contributed by atoms with van der Waals surface area (Å²) in [6, 6.07) is 0. The number of ether oxygens (including phenoxy) is 4. The van der Waals surface area contributed by atoms with Crippen molar-refractivity contribution < 1.29 is 49.0 Å². The molecule has 0 saturated carbocycles. The van der Waals surface area contributed by atoms with Gasteiger partial charge in [0.05, 0.1) is 13.2 Å². The SMILES string of the molecule is CCCCCCCC/C=C\CCCCCCCC(=O)OC(COC(=O)CCCCCCCCCCCCCCCCCCCCC)CO[C@@H]1O[C@H](CO)[C@@H](O)[C@H](O)[C@H]1O. The number of rotatable bonds is 42. The maximum Gasteiger partial charge on any atom is 0.306 e. The molecule has 1 rings (SSSR count). The maximum atomic E-state index is 12.8. The highest BCUT2D eigenvalue weighted by Crippen LogP contribution is 2.23. The molecule has 1 saturated heterocycles. The van der Waals surface area contributed by atoms with Crippen LogP contribution in [0, 0.1) is 0 Å². The molecular formula is C49H92O10. The predicted molar refractivity (Wildman–Crippen MR) is 238 cm³/mol. The van der Waals surface area contributed by atoms with Crippen molar-refractivity contribution in [1.29, 1.82) is 0 Å². The van der Waals surface area contributed by atoms with Gasteiger partial charge in [0.25, 0.3) is 0 Å². The van der Waals surface area contributed by atoms with E-state index in [1.165, 1.54) is 148 Å². The molecule has 10 nitrogen and oxygen atoms in total. The van der Waals surface area contributed by atoms with Crippen molar-refractivity contribution in [2.75, 3.05) is 19.8 Å². The van der Waals surface area contributed by atoms with Crippen molar-refractivity contribution in [3.05, 3.63) is 12.2 Å². The third kappa shape index (κ3) is 31.9. The lowest BCUT2D eigenvalue weighted by Gasteiger charge is -2.39. The summed E-state index contributed by atoms with van der Waals surface area (Å²) in [5, 5.41) is 40.1. The molecule has 0 aliphatic carbocycles. The van der Waals surface area contributed by atoms with Crippen LogP contribution in [0.5, 0.6) is 0 Å². The number of allylic oxidation sites excluding steroid dienone is 2. The molecule has 0 radical (unpaired) electrons. The van der Waals surface area contributed by atoms with Crippen LogP contribution in [0.1, 0.15) is 232 Å². The van der Waals surface area contributed by atoms with Crippen molar-refractivity contribution in [1.82, 2.24) is 0 Å². The van der Waals surface area contributed by atoms with Crippen LogP contribution in [0.25, 0.3) is 0 Å². The fourth-order valence-electron chi connectivity index (χ4n) is 7.71. The van der Waals surface area contributed by atoms with Gasteiger partial charge in [-0.15, -0.1) is 0 Å². The topological polar surface area (TPSA) is 152 Å². The van der Waals surface area contributed by atoms with E-state index >= 15 is 0 Å². The molecule has 1 aliphatic heterocycles. The summed E-state index contributed by atoms with van der Waals surface area (Å²) in [5.41, 5.74) is 0. The summed E-state index contributed by atoms with van der Waals surface area (Å²) in [6.07, 6.45) is 36.5. The molecule has 0 aromatic heterocycles. The van der Waals surface area contributed by atoms with Crippen molar-refractivity contribution >= 4 is 11.9 Å². The molecule has 1 heterocycles. The quantitative estimate of drug-likeness (QED) is 0.0265. The Bertz CT molecular complexity index is 974. The number of unbranched alkanes of at least 4 members (excludes halogenated alkanes) is 29. The van der Waals surface area contributed by atoms with Crippen LogP contribution < -0.4 is 0 Å². The number of hydrogen-bond donors (Lipinski definition) is 4. The number of carbonyl (C=O) groups excluding carboxylic acids is 2. The van der Waals surface area contributed by atoms with Crippen LogP contribution in [0.15, 0.2) is 12.2 Å². The van der Waals surface area contributed by atoms with Crippen LogP contribution in [0.2, 0.25) is 0 Å². The fourth-order valence-corrected chi connectivity index (χ4v) is 7.71. The molecule has 1 unspecified atom stereocenters. The second kappa shape index (κ2) is 40.5. The van der Waals surface area contributed by atoms with Gasteiger partial charge in [0.15, 0.2) is 12.4 Å². The Balaban J connectivity index is 2.26. The summed E-state index contributed by atoms with van der Waals surface area (Å²) in [5.74, 6) is -0.803. The molecule has 1 aliphatic rings. The van der Waals surface area contributed by atoms with Gasteiger partial charge in [-0.25, -0.2) is 0 Å². The van der Waals surface area contributed by atoms with Gasteiger partial charge in [-0.1, -0.05) is 193 Å². The zero-order valence-corrected chi connectivity index (χ0v) is 38.0. The molecule has 6 atom stereocenters. The van der Waals surface area contributed by atoms with E-state index < -0.39 is 49.4 Å². The van der Waals surface area contributed by atoms with Gasteiger partial charge in [0.1, 0.15) is 31.0 Å². The minimum atomic E-state index is -1.59. The summed E-state index contributed by atoms with van der Waals surface area (Å²) >= 11 is 0. The maximum absolute atomic E-state index is 12.8. The van der Waals surface area contributed by atoms with Gasteiger partial charge >= 0.3 is 11.9 Å². The number of aliphatic hydroxyl groups excluding tert-OH is 4. The van der Waals surface area contributed by atoms with E-state index in [1.807, 2.05) is 0 Å². The molecule has 59 heavy (non-hydrogen) atoms. The highest BCUT2D eigenvalue weighted by atomic mass is 16.7. The lowest BCUT2D eigenvalue weighted by atomic mass is 9.99. The van der Waals surface area contributed by atoms with Crippen molar-refractivity contribution in [2.24, 2.45) is 0 Å². The zero-order valence-electron chi connectivity index (χ0n) is 38.0. The van der Waals surface area contributed by atoms with Gasteiger partial charge in [-0.2, -0.15) is 0 Å². The average molecular weight is 841 g/mol. The highest BCUT2D eigenvalue weighted by molar-refractivity contribution is 5.70. The first-order chi connectivity index (χ1) is 28.8. The van der Waals surface area contributed by atoms with Gasteiger partial charge in [0.2, 0.25) is 0 Å². The Kier molecular flexibility index (Phi) is 38.1. The average Bonchev–Trinajstić information content (AvgIpc) is 3.23. The summed E-state index contributed by atoms with van der Waals surface area (Å²) in [4.78, 5) is 25.4. The first-order valence-corrected chi connectivity index (χ1v) is 24.8. The highest BCUT2D eigenvalue weighted by Gasteiger charge is 2.44. The molecule has 4 N–H and O–H groups in total. The van der Waals surface area contributed by atoms with Gasteiger partial charge in [-0.3, -0.25) is 9.59 Å². The first-order valence-electron chi connectivity index (χ1n) is 24.8. The van der Waals surface area contributed by atoms with Crippen molar-refractivity contribution in [2.45, 2.75) is 269 Å². The van der Waals surface area contributed by atoms with Crippen LogP contribution in [0.3, 0.4) is 0 Å². The Morgan fingerprint density at radius 1 is 0.508 bits per heavy atom. The van der Waals surface area contributed by atoms with Gasteiger partial charge in [0, 0.05) is 12.8 Å². The molecule has 0 bridgehead atoms.